The van der Waals surface area contributed by atoms with Gasteiger partial charge in [0.15, 0.2) is 10.4 Å². The van der Waals surface area contributed by atoms with E-state index in [0.29, 0.717) is 14.9 Å². The highest BCUT2D eigenvalue weighted by Crippen LogP contribution is 2.13. The molecule has 0 aliphatic rings. The summed E-state index contributed by atoms with van der Waals surface area (Å²) in [6.45, 7) is 0. The minimum Gasteiger partial charge on any atom is -0.229 e. The van der Waals surface area contributed by atoms with E-state index in [1.807, 2.05) is 6.07 Å². The first kappa shape index (κ1) is 7.63. The highest BCUT2D eigenvalue weighted by molar-refractivity contribution is 9.10. The summed E-state index contributed by atoms with van der Waals surface area (Å²) in [5.41, 5.74) is 0.335. The summed E-state index contributed by atoms with van der Waals surface area (Å²) in [6, 6.07) is 1.91. The van der Waals surface area contributed by atoms with Crippen molar-refractivity contribution >= 4 is 31.9 Å². The SMILES string of the molecule is N#Cc1nc(Br)ncc1Br. The molecule has 1 rings (SSSR count). The largest absolute Gasteiger partial charge is 0.229 e. The van der Waals surface area contributed by atoms with E-state index in [9.17, 15) is 0 Å². The number of hydrogen-bond acceptors (Lipinski definition) is 3. The maximum Gasteiger partial charge on any atom is 0.197 e. The van der Waals surface area contributed by atoms with Gasteiger partial charge in [-0.15, -0.1) is 0 Å². The van der Waals surface area contributed by atoms with Crippen molar-refractivity contribution in [3.8, 4) is 6.07 Å². The highest BCUT2D eigenvalue weighted by Gasteiger charge is 2.00. The lowest BCUT2D eigenvalue weighted by atomic mass is 10.5. The zero-order valence-corrected chi connectivity index (χ0v) is 7.85. The summed E-state index contributed by atoms with van der Waals surface area (Å²) in [4.78, 5) is 7.58. The summed E-state index contributed by atoms with van der Waals surface area (Å²) >= 11 is 6.17. The van der Waals surface area contributed by atoms with E-state index in [2.05, 4.69) is 41.8 Å². The lowest BCUT2D eigenvalue weighted by molar-refractivity contribution is 1.07. The number of aromatic nitrogens is 2. The van der Waals surface area contributed by atoms with Gasteiger partial charge in [0.05, 0.1) is 4.47 Å². The molecule has 10 heavy (non-hydrogen) atoms. The molecule has 0 N–H and O–H groups in total. The summed E-state index contributed by atoms with van der Waals surface area (Å²) in [7, 11) is 0. The smallest absolute Gasteiger partial charge is 0.197 e. The van der Waals surface area contributed by atoms with Crippen LogP contribution in [0.3, 0.4) is 0 Å². The van der Waals surface area contributed by atoms with Crippen LogP contribution < -0.4 is 0 Å². The second-order valence-corrected chi connectivity index (χ2v) is 3.01. The Kier molecular flexibility index (Phi) is 2.35. The van der Waals surface area contributed by atoms with E-state index in [0.717, 1.165) is 0 Å². The van der Waals surface area contributed by atoms with Crippen LogP contribution in [-0.4, -0.2) is 9.97 Å². The molecule has 1 heterocycles. The molecule has 1 aromatic rings. The van der Waals surface area contributed by atoms with E-state index in [-0.39, 0.29) is 0 Å². The molecule has 0 aliphatic carbocycles. The molecule has 50 valence electrons. The van der Waals surface area contributed by atoms with E-state index >= 15 is 0 Å². The third kappa shape index (κ3) is 1.52. The normalized spacial score (nSPS) is 8.90. The van der Waals surface area contributed by atoms with Crippen molar-refractivity contribution in [3.05, 3.63) is 21.1 Å². The van der Waals surface area contributed by atoms with Crippen LogP contribution in [0.1, 0.15) is 5.69 Å². The van der Waals surface area contributed by atoms with Crippen LogP contribution in [0, 0.1) is 11.3 Å². The van der Waals surface area contributed by atoms with Gasteiger partial charge >= 0.3 is 0 Å². The number of nitriles is 1. The Hall–Kier alpha value is -0.470. The fourth-order valence-electron chi connectivity index (χ4n) is 0.424. The lowest BCUT2D eigenvalue weighted by Gasteiger charge is -1.91. The molecule has 0 saturated carbocycles. The lowest BCUT2D eigenvalue weighted by Crippen LogP contribution is -1.87. The molecule has 0 bridgehead atoms. The second-order valence-electron chi connectivity index (χ2n) is 1.45. The van der Waals surface area contributed by atoms with Crippen LogP contribution in [0.15, 0.2) is 15.4 Å². The minimum atomic E-state index is 0.335. The van der Waals surface area contributed by atoms with Gasteiger partial charge in [0.1, 0.15) is 6.07 Å². The van der Waals surface area contributed by atoms with Crippen molar-refractivity contribution in [2.75, 3.05) is 0 Å². The molecule has 0 unspecified atom stereocenters. The highest BCUT2D eigenvalue weighted by atomic mass is 79.9. The summed E-state index contributed by atoms with van der Waals surface area (Å²) in [5.74, 6) is 0. The molecule has 0 fully saturated rings. The average molecular weight is 263 g/mol. The molecule has 0 amide bonds. The number of rotatable bonds is 0. The van der Waals surface area contributed by atoms with Gasteiger partial charge in [-0.25, -0.2) is 9.97 Å². The van der Waals surface area contributed by atoms with E-state index in [4.69, 9.17) is 5.26 Å². The first-order valence-electron chi connectivity index (χ1n) is 2.32. The average Bonchev–Trinajstić information content (AvgIpc) is 1.94. The molecule has 3 nitrogen and oxygen atoms in total. The molecular formula is C5HBr2N3. The van der Waals surface area contributed by atoms with Gasteiger partial charge in [-0.05, 0) is 31.9 Å². The molecule has 0 atom stereocenters. The molecule has 0 spiro atoms. The van der Waals surface area contributed by atoms with Gasteiger partial charge < -0.3 is 0 Å². The van der Waals surface area contributed by atoms with Crippen molar-refractivity contribution in [1.29, 1.82) is 5.26 Å². The maximum absolute atomic E-state index is 8.45. The summed E-state index contributed by atoms with van der Waals surface area (Å²) < 4.78 is 1.03. The first-order valence-corrected chi connectivity index (χ1v) is 3.91. The van der Waals surface area contributed by atoms with Gasteiger partial charge in [-0.2, -0.15) is 5.26 Å². The Balaban J connectivity index is 3.25. The molecular weight excluding hydrogens is 262 g/mol. The third-order valence-corrected chi connectivity index (χ3v) is 1.78. The fourth-order valence-corrected chi connectivity index (χ4v) is 0.983. The number of hydrogen-bond donors (Lipinski definition) is 0. The van der Waals surface area contributed by atoms with Crippen LogP contribution in [0.25, 0.3) is 0 Å². The van der Waals surface area contributed by atoms with Crippen molar-refractivity contribution in [3.63, 3.8) is 0 Å². The number of halogens is 2. The molecule has 5 heteroatoms. The van der Waals surface area contributed by atoms with Crippen molar-refractivity contribution in [1.82, 2.24) is 9.97 Å². The predicted octanol–water partition coefficient (Wildman–Crippen LogP) is 1.87. The zero-order valence-electron chi connectivity index (χ0n) is 4.67. The van der Waals surface area contributed by atoms with Crippen LogP contribution in [-0.2, 0) is 0 Å². The molecule has 0 saturated heterocycles. The quantitative estimate of drug-likeness (QED) is 0.671. The Morgan fingerprint density at radius 2 is 2.20 bits per heavy atom. The van der Waals surface area contributed by atoms with Gasteiger partial charge in [0, 0.05) is 6.20 Å². The van der Waals surface area contributed by atoms with Crippen LogP contribution >= 0.6 is 31.9 Å². The monoisotopic (exact) mass is 261 g/mol. The molecule has 0 aliphatic heterocycles. The van der Waals surface area contributed by atoms with Crippen LogP contribution in [0.2, 0.25) is 0 Å². The van der Waals surface area contributed by atoms with Gasteiger partial charge in [0.2, 0.25) is 0 Å². The second kappa shape index (κ2) is 3.08. The molecule has 0 aromatic carbocycles. The Labute approximate surface area is 74.4 Å². The fraction of sp³-hybridized carbons (Fsp3) is 0. The topological polar surface area (TPSA) is 49.6 Å². The standard InChI is InChI=1S/C5HBr2N3/c6-3-2-9-5(7)10-4(3)1-8/h2H. The third-order valence-electron chi connectivity index (χ3n) is 0.821. The summed E-state index contributed by atoms with van der Waals surface area (Å²) in [6.07, 6.45) is 1.52. The Bertz CT molecular complexity index is 291. The van der Waals surface area contributed by atoms with E-state index in [1.54, 1.807) is 0 Å². The molecule has 0 radical (unpaired) electrons. The summed E-state index contributed by atoms with van der Waals surface area (Å²) in [5, 5.41) is 8.45. The zero-order chi connectivity index (χ0) is 7.56. The molecule has 1 aromatic heterocycles. The predicted molar refractivity (Wildman–Crippen MR) is 42.1 cm³/mol. The maximum atomic E-state index is 8.45. The van der Waals surface area contributed by atoms with Crippen molar-refractivity contribution < 1.29 is 0 Å². The van der Waals surface area contributed by atoms with Crippen LogP contribution in [0.5, 0.6) is 0 Å². The van der Waals surface area contributed by atoms with E-state index in [1.165, 1.54) is 6.20 Å². The van der Waals surface area contributed by atoms with Gasteiger partial charge in [0.25, 0.3) is 0 Å². The van der Waals surface area contributed by atoms with Gasteiger partial charge in [-0.3, -0.25) is 0 Å². The van der Waals surface area contributed by atoms with Crippen molar-refractivity contribution in [2.24, 2.45) is 0 Å². The van der Waals surface area contributed by atoms with Crippen LogP contribution in [0.4, 0.5) is 0 Å². The Morgan fingerprint density at radius 3 is 2.70 bits per heavy atom. The first-order chi connectivity index (χ1) is 4.74. The Morgan fingerprint density at radius 1 is 1.50 bits per heavy atom. The van der Waals surface area contributed by atoms with E-state index < -0.39 is 0 Å². The number of nitrogens with zero attached hydrogens (tertiary/aromatic N) is 3. The minimum absolute atomic E-state index is 0.335. The van der Waals surface area contributed by atoms with Gasteiger partial charge in [-0.1, -0.05) is 0 Å². The van der Waals surface area contributed by atoms with Crippen molar-refractivity contribution in [2.45, 2.75) is 0 Å².